The van der Waals surface area contributed by atoms with E-state index in [4.69, 9.17) is 20.9 Å². The number of hydrogen-bond donors (Lipinski definition) is 4. The summed E-state index contributed by atoms with van der Waals surface area (Å²) in [6.07, 6.45) is 5.09. The summed E-state index contributed by atoms with van der Waals surface area (Å²) in [6, 6.07) is 12.4. The number of rotatable bonds is 12. The molecule has 0 aliphatic carbocycles. The number of amidine groups is 1. The number of Topliss-reactive ketones (excluding diaryl/α,β-unsaturated/α-hetero) is 1. The lowest BCUT2D eigenvalue weighted by molar-refractivity contribution is -0.123. The highest BCUT2D eigenvalue weighted by atomic mass is 16.5. The summed E-state index contributed by atoms with van der Waals surface area (Å²) >= 11 is 0. The van der Waals surface area contributed by atoms with Crippen LogP contribution in [0.2, 0.25) is 0 Å². The van der Waals surface area contributed by atoms with E-state index < -0.39 is 0 Å². The lowest BCUT2D eigenvalue weighted by Crippen LogP contribution is -2.34. The van der Waals surface area contributed by atoms with Crippen molar-refractivity contribution in [3.63, 3.8) is 0 Å². The maximum absolute atomic E-state index is 12.8. The third kappa shape index (κ3) is 8.73. The Morgan fingerprint density at radius 2 is 1.94 bits per heavy atom. The van der Waals surface area contributed by atoms with Gasteiger partial charge in [-0.15, -0.1) is 0 Å². The van der Waals surface area contributed by atoms with Crippen molar-refractivity contribution in [3.8, 4) is 5.75 Å². The number of anilines is 2. The van der Waals surface area contributed by atoms with E-state index in [0.717, 1.165) is 18.4 Å². The number of ether oxygens (including phenoxy) is 1. The minimum atomic E-state index is -0.196. The Balaban J connectivity index is 2.38. The molecule has 0 saturated heterocycles. The van der Waals surface area contributed by atoms with Gasteiger partial charge in [0.25, 0.3) is 5.91 Å². The number of ketones is 1. The smallest absolute Gasteiger partial charge is 0.258 e. The molecule has 0 saturated carbocycles. The van der Waals surface area contributed by atoms with Gasteiger partial charge in [0.05, 0.1) is 5.70 Å². The number of hydrogen-bond acceptors (Lipinski definition) is 6. The molecule has 0 fully saturated rings. The zero-order valence-corrected chi connectivity index (χ0v) is 20.9. The van der Waals surface area contributed by atoms with Crippen LogP contribution in [0.3, 0.4) is 0 Å². The van der Waals surface area contributed by atoms with Crippen molar-refractivity contribution in [2.45, 2.75) is 53.0 Å². The van der Waals surface area contributed by atoms with Crippen LogP contribution in [0.15, 0.2) is 53.5 Å². The van der Waals surface area contributed by atoms with E-state index >= 15 is 0 Å². The number of carbonyl (C=O) groups excluding carboxylic acids is 2. The van der Waals surface area contributed by atoms with Crippen LogP contribution >= 0.6 is 0 Å². The van der Waals surface area contributed by atoms with Crippen LogP contribution in [0.4, 0.5) is 11.4 Å². The molecule has 35 heavy (non-hydrogen) atoms. The normalized spacial score (nSPS) is 11.8. The van der Waals surface area contributed by atoms with Crippen molar-refractivity contribution in [3.05, 3.63) is 59.7 Å². The third-order valence-corrected chi connectivity index (χ3v) is 4.90. The SMILES string of the molecule is CCCC=C(N=C(Nc1ccc(N)c(C=N)c1)C(=O)CC)c1cccc(OCC(=O)NC(C)C)c1. The van der Waals surface area contributed by atoms with Crippen LogP contribution in [0.1, 0.15) is 58.1 Å². The summed E-state index contributed by atoms with van der Waals surface area (Å²) in [7, 11) is 0. The predicted octanol–water partition coefficient (Wildman–Crippen LogP) is 4.80. The maximum atomic E-state index is 12.8. The molecule has 0 unspecified atom stereocenters. The molecule has 0 radical (unpaired) electrons. The van der Waals surface area contributed by atoms with Gasteiger partial charge in [-0.25, -0.2) is 4.99 Å². The van der Waals surface area contributed by atoms with Crippen LogP contribution in [0.5, 0.6) is 5.75 Å². The molecule has 0 aliphatic rings. The first-order valence-electron chi connectivity index (χ1n) is 11.8. The first-order chi connectivity index (χ1) is 16.8. The molecule has 0 atom stereocenters. The van der Waals surface area contributed by atoms with Crippen molar-refractivity contribution >= 4 is 40.8 Å². The van der Waals surface area contributed by atoms with Gasteiger partial charge in [-0.2, -0.15) is 0 Å². The minimum Gasteiger partial charge on any atom is -0.484 e. The number of benzene rings is 2. The van der Waals surface area contributed by atoms with Crippen molar-refractivity contribution in [1.82, 2.24) is 5.32 Å². The Bertz CT molecular complexity index is 1110. The van der Waals surface area contributed by atoms with Gasteiger partial charge >= 0.3 is 0 Å². The quantitative estimate of drug-likeness (QED) is 0.198. The molecule has 0 spiro atoms. The van der Waals surface area contributed by atoms with E-state index in [9.17, 15) is 9.59 Å². The highest BCUT2D eigenvalue weighted by molar-refractivity contribution is 6.43. The molecule has 2 aromatic carbocycles. The lowest BCUT2D eigenvalue weighted by atomic mass is 10.1. The van der Waals surface area contributed by atoms with E-state index in [1.165, 1.54) is 6.21 Å². The molecule has 2 aromatic rings. The monoisotopic (exact) mass is 477 g/mol. The first-order valence-corrected chi connectivity index (χ1v) is 11.8. The van der Waals surface area contributed by atoms with Gasteiger partial charge in [0.2, 0.25) is 0 Å². The van der Waals surface area contributed by atoms with Gasteiger partial charge in [0.15, 0.2) is 18.2 Å². The van der Waals surface area contributed by atoms with Crippen LogP contribution in [-0.2, 0) is 9.59 Å². The molecule has 2 rings (SSSR count). The molecule has 186 valence electrons. The van der Waals surface area contributed by atoms with Crippen molar-refractivity contribution in [2.24, 2.45) is 4.99 Å². The van der Waals surface area contributed by atoms with Crippen molar-refractivity contribution in [2.75, 3.05) is 17.7 Å². The molecule has 8 nitrogen and oxygen atoms in total. The van der Waals surface area contributed by atoms with Gasteiger partial charge in [0, 0.05) is 41.2 Å². The number of nitrogen functional groups attached to an aromatic ring is 1. The van der Waals surface area contributed by atoms with E-state index in [0.29, 0.717) is 28.4 Å². The number of nitrogens with two attached hydrogens (primary N) is 1. The van der Waals surface area contributed by atoms with Gasteiger partial charge in [-0.3, -0.25) is 9.59 Å². The Morgan fingerprint density at radius 3 is 2.60 bits per heavy atom. The van der Waals surface area contributed by atoms with E-state index in [1.807, 2.05) is 32.1 Å². The maximum Gasteiger partial charge on any atom is 0.258 e. The number of unbranched alkanes of at least 4 members (excludes halogenated alkanes) is 1. The fourth-order valence-electron chi connectivity index (χ4n) is 3.13. The average Bonchev–Trinajstić information content (AvgIpc) is 2.84. The second kappa shape index (κ2) is 13.7. The minimum absolute atomic E-state index is 0.0357. The zero-order valence-electron chi connectivity index (χ0n) is 20.9. The first kappa shape index (κ1) is 27.3. The number of nitrogens with one attached hydrogen (secondary N) is 3. The highest BCUT2D eigenvalue weighted by Crippen LogP contribution is 2.24. The van der Waals surface area contributed by atoms with Gasteiger partial charge in [-0.1, -0.05) is 38.5 Å². The van der Waals surface area contributed by atoms with Crippen LogP contribution in [0.25, 0.3) is 5.70 Å². The fourth-order valence-corrected chi connectivity index (χ4v) is 3.13. The fraction of sp³-hybridized carbons (Fsp3) is 0.333. The number of carbonyl (C=O) groups is 2. The van der Waals surface area contributed by atoms with Crippen LogP contribution < -0.4 is 21.1 Å². The topological polar surface area (TPSA) is 130 Å². The van der Waals surface area contributed by atoms with E-state index in [2.05, 4.69) is 17.6 Å². The molecule has 0 heterocycles. The van der Waals surface area contributed by atoms with Gasteiger partial charge in [-0.05, 0) is 50.6 Å². The Morgan fingerprint density at radius 1 is 1.17 bits per heavy atom. The average molecular weight is 478 g/mol. The molecule has 0 aromatic heterocycles. The van der Waals surface area contributed by atoms with Crippen LogP contribution in [-0.4, -0.2) is 36.4 Å². The summed E-state index contributed by atoms with van der Waals surface area (Å²) in [4.78, 5) is 29.4. The Labute approximate surface area is 207 Å². The predicted molar refractivity (Wildman–Crippen MR) is 143 cm³/mol. The molecule has 0 bridgehead atoms. The lowest BCUT2D eigenvalue weighted by Gasteiger charge is -2.13. The number of aliphatic imine (C=N–C) groups is 1. The summed E-state index contributed by atoms with van der Waals surface area (Å²) in [5.74, 6) is 0.374. The van der Waals surface area contributed by atoms with E-state index in [1.54, 1.807) is 37.3 Å². The van der Waals surface area contributed by atoms with Gasteiger partial charge < -0.3 is 26.5 Å². The zero-order chi connectivity index (χ0) is 25.8. The summed E-state index contributed by atoms with van der Waals surface area (Å²) < 4.78 is 5.67. The Hall–Kier alpha value is -3.94. The largest absolute Gasteiger partial charge is 0.484 e. The second-order valence-electron chi connectivity index (χ2n) is 8.27. The molecular weight excluding hydrogens is 442 g/mol. The molecule has 8 heteroatoms. The second-order valence-corrected chi connectivity index (χ2v) is 8.27. The van der Waals surface area contributed by atoms with Crippen molar-refractivity contribution < 1.29 is 14.3 Å². The molecule has 0 aliphatic heterocycles. The number of nitrogens with zero attached hydrogens (tertiary/aromatic N) is 1. The summed E-state index contributed by atoms with van der Waals surface area (Å²) in [5, 5.41) is 13.4. The molecular formula is C27H35N5O3. The van der Waals surface area contributed by atoms with Crippen LogP contribution in [0, 0.1) is 5.41 Å². The highest BCUT2D eigenvalue weighted by Gasteiger charge is 2.13. The van der Waals surface area contributed by atoms with Gasteiger partial charge in [0.1, 0.15) is 5.75 Å². The number of amides is 1. The third-order valence-electron chi connectivity index (χ3n) is 4.90. The standard InChI is InChI=1S/C27H35N5O3/c1-5-7-11-24(19-9-8-10-22(15-19)35-17-26(34)30-18(3)4)32-27(25(33)6-2)31-21-12-13-23(29)20(14-21)16-28/h8-16,18,28H,5-7,17,29H2,1-4H3,(H,30,34)(H,31,32). The molecule has 1 amide bonds. The van der Waals surface area contributed by atoms with Crippen molar-refractivity contribution in [1.29, 1.82) is 5.41 Å². The molecule has 5 N–H and O–H groups in total. The summed E-state index contributed by atoms with van der Waals surface area (Å²) in [6.45, 7) is 7.53. The summed E-state index contributed by atoms with van der Waals surface area (Å²) in [5.41, 5.74) is 8.91. The Kier molecular flexibility index (Phi) is 10.7. The van der Waals surface area contributed by atoms with E-state index in [-0.39, 0.29) is 36.6 Å². The number of allylic oxidation sites excluding steroid dienone is 1.